The lowest BCUT2D eigenvalue weighted by Gasteiger charge is -2.37. The van der Waals surface area contributed by atoms with Crippen molar-refractivity contribution in [2.45, 2.75) is 19.5 Å². The number of ether oxygens (including phenoxy) is 2. The molecule has 1 heterocycles. The third-order valence-electron chi connectivity index (χ3n) is 4.47. The van der Waals surface area contributed by atoms with Gasteiger partial charge in [0.25, 0.3) is 0 Å². The number of hydrogen-bond acceptors (Lipinski definition) is 4. The van der Waals surface area contributed by atoms with E-state index in [1.807, 2.05) is 19.1 Å². The molecular weight excluding hydrogens is 300 g/mol. The summed E-state index contributed by atoms with van der Waals surface area (Å²) in [6.45, 7) is 6.62. The molecular formula is C20H26N2O2. The molecule has 1 fully saturated rings. The monoisotopic (exact) mass is 326 g/mol. The maximum Gasteiger partial charge on any atom is 0.123 e. The number of para-hydroxylation sites is 1. The van der Waals surface area contributed by atoms with E-state index < -0.39 is 0 Å². The van der Waals surface area contributed by atoms with Gasteiger partial charge in [0.15, 0.2) is 0 Å². The summed E-state index contributed by atoms with van der Waals surface area (Å²) in [5.74, 6) is 1.89. The van der Waals surface area contributed by atoms with Crippen LogP contribution >= 0.6 is 0 Å². The number of rotatable bonds is 6. The minimum absolute atomic E-state index is 0.321. The highest BCUT2D eigenvalue weighted by molar-refractivity contribution is 5.36. The lowest BCUT2D eigenvalue weighted by Crippen LogP contribution is -2.45. The van der Waals surface area contributed by atoms with Crippen LogP contribution in [0.15, 0.2) is 48.5 Å². The van der Waals surface area contributed by atoms with Gasteiger partial charge in [-0.05, 0) is 30.7 Å². The molecule has 0 saturated carbocycles. The van der Waals surface area contributed by atoms with Crippen molar-refractivity contribution >= 4 is 0 Å². The predicted molar refractivity (Wildman–Crippen MR) is 96.6 cm³/mol. The number of piperazine rings is 1. The molecule has 0 radical (unpaired) electrons. The molecule has 128 valence electrons. The Bertz CT molecular complexity index is 642. The lowest BCUT2D eigenvalue weighted by molar-refractivity contribution is 0.151. The van der Waals surface area contributed by atoms with Crippen molar-refractivity contribution in [3.63, 3.8) is 0 Å². The number of hydrogen-bond donors (Lipinski definition) is 1. The molecule has 1 N–H and O–H groups in total. The van der Waals surface area contributed by atoms with E-state index in [9.17, 15) is 0 Å². The molecule has 1 atom stereocenters. The van der Waals surface area contributed by atoms with Crippen molar-refractivity contribution in [1.82, 2.24) is 10.2 Å². The largest absolute Gasteiger partial charge is 0.496 e. The zero-order valence-corrected chi connectivity index (χ0v) is 14.5. The van der Waals surface area contributed by atoms with Crippen LogP contribution < -0.4 is 14.8 Å². The first-order valence-corrected chi connectivity index (χ1v) is 8.61. The molecule has 2 aromatic carbocycles. The highest BCUT2D eigenvalue weighted by Gasteiger charge is 2.26. The topological polar surface area (TPSA) is 33.7 Å². The summed E-state index contributed by atoms with van der Waals surface area (Å²) in [5, 5.41) is 3.51. The summed E-state index contributed by atoms with van der Waals surface area (Å²) < 4.78 is 11.1. The Balaban J connectivity index is 1.77. The first-order chi connectivity index (χ1) is 11.8. The Kier molecular flexibility index (Phi) is 5.72. The maximum atomic E-state index is 5.57. The summed E-state index contributed by atoms with van der Waals surface area (Å²) in [4.78, 5) is 2.52. The number of methoxy groups -OCH3 is 1. The fourth-order valence-electron chi connectivity index (χ4n) is 3.28. The zero-order chi connectivity index (χ0) is 16.8. The van der Waals surface area contributed by atoms with E-state index in [2.05, 4.69) is 46.6 Å². The van der Waals surface area contributed by atoms with Crippen LogP contribution in [0.4, 0.5) is 0 Å². The Morgan fingerprint density at radius 2 is 1.92 bits per heavy atom. The summed E-state index contributed by atoms with van der Waals surface area (Å²) in [5.41, 5.74) is 2.55. The molecule has 2 aromatic rings. The molecule has 0 aromatic heterocycles. The average molecular weight is 326 g/mol. The summed E-state index contributed by atoms with van der Waals surface area (Å²) in [6, 6.07) is 17.1. The van der Waals surface area contributed by atoms with Crippen LogP contribution in [0.2, 0.25) is 0 Å². The second-order valence-electron chi connectivity index (χ2n) is 6.01. The smallest absolute Gasteiger partial charge is 0.123 e. The SMILES string of the molecule is CCOc1ccc(CN2CCNCC2c2ccccc2OC)cc1. The molecule has 0 amide bonds. The van der Waals surface area contributed by atoms with Crippen LogP contribution in [0.5, 0.6) is 11.5 Å². The Morgan fingerprint density at radius 3 is 2.67 bits per heavy atom. The van der Waals surface area contributed by atoms with Gasteiger partial charge in [0.1, 0.15) is 11.5 Å². The van der Waals surface area contributed by atoms with Gasteiger partial charge >= 0.3 is 0 Å². The molecule has 0 aliphatic carbocycles. The highest BCUT2D eigenvalue weighted by Crippen LogP contribution is 2.31. The van der Waals surface area contributed by atoms with E-state index in [1.165, 1.54) is 11.1 Å². The second kappa shape index (κ2) is 8.18. The van der Waals surface area contributed by atoms with Gasteiger partial charge in [-0.3, -0.25) is 4.90 Å². The van der Waals surface area contributed by atoms with Crippen molar-refractivity contribution in [1.29, 1.82) is 0 Å². The van der Waals surface area contributed by atoms with Gasteiger partial charge < -0.3 is 14.8 Å². The lowest BCUT2D eigenvalue weighted by atomic mass is 10.0. The third kappa shape index (κ3) is 3.89. The Morgan fingerprint density at radius 1 is 1.12 bits per heavy atom. The van der Waals surface area contributed by atoms with Gasteiger partial charge in [-0.1, -0.05) is 30.3 Å². The van der Waals surface area contributed by atoms with Gasteiger partial charge in [0, 0.05) is 31.7 Å². The van der Waals surface area contributed by atoms with Crippen molar-refractivity contribution in [3.8, 4) is 11.5 Å². The first kappa shape index (κ1) is 16.8. The van der Waals surface area contributed by atoms with Gasteiger partial charge in [0.05, 0.1) is 19.8 Å². The predicted octanol–water partition coefficient (Wildman–Crippen LogP) is 3.24. The van der Waals surface area contributed by atoms with Crippen LogP contribution in [-0.2, 0) is 6.54 Å². The van der Waals surface area contributed by atoms with Crippen LogP contribution in [0.3, 0.4) is 0 Å². The standard InChI is InChI=1S/C20H26N2O2/c1-3-24-17-10-8-16(9-11-17)15-22-13-12-21-14-19(22)18-6-4-5-7-20(18)23-2/h4-11,19,21H,3,12-15H2,1-2H3. The quantitative estimate of drug-likeness (QED) is 0.883. The van der Waals surface area contributed by atoms with Crippen LogP contribution in [0, 0.1) is 0 Å². The van der Waals surface area contributed by atoms with Crippen LogP contribution in [0.25, 0.3) is 0 Å². The summed E-state index contributed by atoms with van der Waals surface area (Å²) in [7, 11) is 1.74. The van der Waals surface area contributed by atoms with Crippen molar-refractivity contribution < 1.29 is 9.47 Å². The van der Waals surface area contributed by atoms with E-state index in [4.69, 9.17) is 9.47 Å². The fourth-order valence-corrected chi connectivity index (χ4v) is 3.28. The van der Waals surface area contributed by atoms with Crippen LogP contribution in [-0.4, -0.2) is 38.3 Å². The number of nitrogens with zero attached hydrogens (tertiary/aromatic N) is 1. The molecule has 4 nitrogen and oxygen atoms in total. The maximum absolute atomic E-state index is 5.57. The molecule has 4 heteroatoms. The number of benzene rings is 2. The molecule has 0 spiro atoms. The third-order valence-corrected chi connectivity index (χ3v) is 4.47. The zero-order valence-electron chi connectivity index (χ0n) is 14.5. The van der Waals surface area contributed by atoms with E-state index in [-0.39, 0.29) is 0 Å². The number of nitrogens with one attached hydrogen (secondary N) is 1. The minimum Gasteiger partial charge on any atom is -0.496 e. The van der Waals surface area contributed by atoms with E-state index in [1.54, 1.807) is 7.11 Å². The minimum atomic E-state index is 0.321. The van der Waals surface area contributed by atoms with Gasteiger partial charge in [-0.25, -0.2) is 0 Å². The molecule has 3 rings (SSSR count). The Labute approximate surface area is 144 Å². The second-order valence-corrected chi connectivity index (χ2v) is 6.01. The highest BCUT2D eigenvalue weighted by atomic mass is 16.5. The van der Waals surface area contributed by atoms with Gasteiger partial charge in [-0.2, -0.15) is 0 Å². The normalized spacial score (nSPS) is 18.3. The van der Waals surface area contributed by atoms with E-state index in [0.717, 1.165) is 37.7 Å². The summed E-state index contributed by atoms with van der Waals surface area (Å²) >= 11 is 0. The van der Waals surface area contributed by atoms with Crippen molar-refractivity contribution in [3.05, 3.63) is 59.7 Å². The van der Waals surface area contributed by atoms with E-state index in [0.29, 0.717) is 12.6 Å². The molecule has 24 heavy (non-hydrogen) atoms. The first-order valence-electron chi connectivity index (χ1n) is 8.61. The molecule has 1 unspecified atom stereocenters. The van der Waals surface area contributed by atoms with Gasteiger partial charge in [-0.15, -0.1) is 0 Å². The molecule has 0 bridgehead atoms. The Hall–Kier alpha value is -2.04. The van der Waals surface area contributed by atoms with Crippen LogP contribution in [0.1, 0.15) is 24.1 Å². The summed E-state index contributed by atoms with van der Waals surface area (Å²) in [6.07, 6.45) is 0. The molecule has 1 aliphatic heterocycles. The average Bonchev–Trinajstić information content (AvgIpc) is 2.64. The van der Waals surface area contributed by atoms with Crippen molar-refractivity contribution in [2.24, 2.45) is 0 Å². The molecule has 1 saturated heterocycles. The fraction of sp³-hybridized carbons (Fsp3) is 0.400. The van der Waals surface area contributed by atoms with Gasteiger partial charge in [0.2, 0.25) is 0 Å². The van der Waals surface area contributed by atoms with E-state index >= 15 is 0 Å². The molecule has 1 aliphatic rings. The van der Waals surface area contributed by atoms with Crippen molar-refractivity contribution in [2.75, 3.05) is 33.4 Å².